The van der Waals surface area contributed by atoms with E-state index in [0.717, 1.165) is 11.3 Å². The number of aryl methyl sites for hydroxylation is 1. The lowest BCUT2D eigenvalue weighted by atomic mass is 10.1. The van der Waals surface area contributed by atoms with Crippen LogP contribution in [0.3, 0.4) is 0 Å². The number of carbonyl (C=O) groups excluding carboxylic acids is 1. The molecular weight excluding hydrogens is 282 g/mol. The van der Waals surface area contributed by atoms with E-state index in [1.54, 1.807) is 29.9 Å². The van der Waals surface area contributed by atoms with Crippen LogP contribution in [0.1, 0.15) is 29.3 Å². The predicted octanol–water partition coefficient (Wildman–Crippen LogP) is 2.02. The van der Waals surface area contributed by atoms with Crippen molar-refractivity contribution in [1.82, 2.24) is 15.1 Å². The van der Waals surface area contributed by atoms with E-state index in [0.29, 0.717) is 12.1 Å². The number of nitrogens with one attached hydrogen (secondary N) is 1. The van der Waals surface area contributed by atoms with Gasteiger partial charge in [-0.3, -0.25) is 9.59 Å². The Morgan fingerprint density at radius 2 is 2.18 bits per heavy atom. The molecule has 6 heteroatoms. The second-order valence-corrected chi connectivity index (χ2v) is 5.36. The highest BCUT2D eigenvalue weighted by Gasteiger charge is 2.12. The number of aromatic nitrogens is 2. The molecule has 1 amide bonds. The van der Waals surface area contributed by atoms with Crippen LogP contribution in [0.2, 0.25) is 0 Å². The van der Waals surface area contributed by atoms with Gasteiger partial charge in [0.2, 0.25) is 0 Å². The summed E-state index contributed by atoms with van der Waals surface area (Å²) in [5.74, 6) is -1.17. The Hall–Kier alpha value is -2.63. The molecule has 1 heterocycles. The summed E-state index contributed by atoms with van der Waals surface area (Å²) in [5, 5.41) is 15.6. The zero-order valence-electron chi connectivity index (χ0n) is 12.6. The van der Waals surface area contributed by atoms with Crippen LogP contribution < -0.4 is 5.32 Å². The van der Waals surface area contributed by atoms with Crippen LogP contribution in [0.15, 0.2) is 36.7 Å². The molecule has 1 aromatic heterocycles. The summed E-state index contributed by atoms with van der Waals surface area (Å²) < 4.78 is 1.74. The smallest absolute Gasteiger partial charge is 0.303 e. The number of carboxylic acid groups (broad SMARTS) is 1. The van der Waals surface area contributed by atoms with Gasteiger partial charge in [-0.25, -0.2) is 4.68 Å². The first-order valence-corrected chi connectivity index (χ1v) is 7.08. The van der Waals surface area contributed by atoms with E-state index in [-0.39, 0.29) is 18.2 Å². The lowest BCUT2D eigenvalue weighted by molar-refractivity contribution is -0.137. The Kier molecular flexibility index (Phi) is 4.93. The Morgan fingerprint density at radius 1 is 1.41 bits per heavy atom. The number of nitrogens with zero attached hydrogens (tertiary/aromatic N) is 2. The SMILES string of the molecule is Cc1cc(C(=O)NCC(C)CC(=O)O)ccc1-n1cccn1. The van der Waals surface area contributed by atoms with Crippen LogP contribution >= 0.6 is 0 Å². The molecule has 0 aliphatic heterocycles. The van der Waals surface area contributed by atoms with E-state index in [2.05, 4.69) is 10.4 Å². The summed E-state index contributed by atoms with van der Waals surface area (Å²) in [6.07, 6.45) is 3.58. The molecule has 1 aromatic carbocycles. The van der Waals surface area contributed by atoms with Crippen LogP contribution in [0.4, 0.5) is 0 Å². The fourth-order valence-corrected chi connectivity index (χ4v) is 2.20. The van der Waals surface area contributed by atoms with Gasteiger partial charge in [-0.1, -0.05) is 6.92 Å². The number of hydrogen-bond donors (Lipinski definition) is 2. The van der Waals surface area contributed by atoms with Gasteiger partial charge in [-0.2, -0.15) is 5.10 Å². The van der Waals surface area contributed by atoms with E-state index in [1.807, 2.05) is 25.3 Å². The average molecular weight is 301 g/mol. The number of aliphatic carboxylic acids is 1. The van der Waals surface area contributed by atoms with Crippen molar-refractivity contribution in [3.63, 3.8) is 0 Å². The van der Waals surface area contributed by atoms with E-state index in [4.69, 9.17) is 5.11 Å². The minimum Gasteiger partial charge on any atom is -0.481 e. The predicted molar refractivity (Wildman–Crippen MR) is 82.1 cm³/mol. The van der Waals surface area contributed by atoms with Crippen molar-refractivity contribution < 1.29 is 14.7 Å². The van der Waals surface area contributed by atoms with Crippen molar-refractivity contribution in [2.24, 2.45) is 5.92 Å². The molecule has 6 nitrogen and oxygen atoms in total. The molecular formula is C16H19N3O3. The summed E-state index contributed by atoms with van der Waals surface area (Å²) >= 11 is 0. The third-order valence-corrected chi connectivity index (χ3v) is 3.34. The zero-order chi connectivity index (χ0) is 16.1. The van der Waals surface area contributed by atoms with Crippen LogP contribution in [0, 0.1) is 12.8 Å². The molecule has 0 saturated carbocycles. The number of hydrogen-bond acceptors (Lipinski definition) is 3. The lowest BCUT2D eigenvalue weighted by Crippen LogP contribution is -2.29. The highest BCUT2D eigenvalue weighted by atomic mass is 16.4. The van der Waals surface area contributed by atoms with Gasteiger partial charge >= 0.3 is 5.97 Å². The number of carbonyl (C=O) groups is 2. The van der Waals surface area contributed by atoms with Gasteiger partial charge in [0, 0.05) is 30.9 Å². The molecule has 22 heavy (non-hydrogen) atoms. The number of amides is 1. The Labute approximate surface area is 128 Å². The maximum atomic E-state index is 12.1. The molecule has 2 rings (SSSR count). The highest BCUT2D eigenvalue weighted by Crippen LogP contribution is 2.15. The first-order chi connectivity index (χ1) is 10.5. The Bertz CT molecular complexity index is 665. The number of carboxylic acids is 1. The molecule has 0 spiro atoms. The molecule has 0 radical (unpaired) electrons. The van der Waals surface area contributed by atoms with Gasteiger partial charge in [-0.05, 0) is 42.7 Å². The number of benzene rings is 1. The molecule has 1 unspecified atom stereocenters. The molecule has 0 aliphatic rings. The van der Waals surface area contributed by atoms with E-state index in [9.17, 15) is 9.59 Å². The molecule has 2 aromatic rings. The van der Waals surface area contributed by atoms with Gasteiger partial charge in [0.15, 0.2) is 0 Å². The van der Waals surface area contributed by atoms with Crippen molar-refractivity contribution in [2.45, 2.75) is 20.3 Å². The monoisotopic (exact) mass is 301 g/mol. The lowest BCUT2D eigenvalue weighted by Gasteiger charge is -2.12. The maximum absolute atomic E-state index is 12.1. The van der Waals surface area contributed by atoms with E-state index < -0.39 is 5.97 Å². The summed E-state index contributed by atoms with van der Waals surface area (Å²) in [4.78, 5) is 22.7. The topological polar surface area (TPSA) is 84.2 Å². The molecule has 0 saturated heterocycles. The van der Waals surface area contributed by atoms with E-state index in [1.165, 1.54) is 0 Å². The van der Waals surface area contributed by atoms with Crippen molar-refractivity contribution in [3.8, 4) is 5.69 Å². The van der Waals surface area contributed by atoms with Gasteiger partial charge in [0.05, 0.1) is 5.69 Å². The molecule has 116 valence electrons. The van der Waals surface area contributed by atoms with Gasteiger partial charge < -0.3 is 10.4 Å². The molecule has 1 atom stereocenters. The van der Waals surface area contributed by atoms with Gasteiger partial charge in [-0.15, -0.1) is 0 Å². The Morgan fingerprint density at radius 3 is 2.77 bits per heavy atom. The highest BCUT2D eigenvalue weighted by molar-refractivity contribution is 5.94. The largest absolute Gasteiger partial charge is 0.481 e. The summed E-state index contributed by atoms with van der Waals surface area (Å²) in [6, 6.07) is 7.22. The van der Waals surface area contributed by atoms with Crippen molar-refractivity contribution in [2.75, 3.05) is 6.54 Å². The first kappa shape index (κ1) is 15.8. The molecule has 2 N–H and O–H groups in total. The normalized spacial score (nSPS) is 11.9. The Balaban J connectivity index is 2.02. The quantitative estimate of drug-likeness (QED) is 0.855. The second-order valence-electron chi connectivity index (χ2n) is 5.36. The van der Waals surface area contributed by atoms with Gasteiger partial charge in [0.1, 0.15) is 0 Å². The molecule has 0 fully saturated rings. The fourth-order valence-electron chi connectivity index (χ4n) is 2.20. The van der Waals surface area contributed by atoms with Crippen LogP contribution in [-0.4, -0.2) is 33.3 Å². The minimum absolute atomic E-state index is 0.0392. The summed E-state index contributed by atoms with van der Waals surface area (Å²) in [5.41, 5.74) is 2.41. The molecule has 0 bridgehead atoms. The standard InChI is InChI=1S/C16H19N3O3/c1-11(8-15(20)21)10-17-16(22)13-4-5-14(12(2)9-13)19-7-3-6-18-19/h3-7,9,11H,8,10H2,1-2H3,(H,17,22)(H,20,21). The van der Waals surface area contributed by atoms with Crippen molar-refractivity contribution in [1.29, 1.82) is 0 Å². The summed E-state index contributed by atoms with van der Waals surface area (Å²) in [6.45, 7) is 4.05. The average Bonchev–Trinajstić information content (AvgIpc) is 2.97. The first-order valence-electron chi connectivity index (χ1n) is 7.08. The third kappa shape index (κ3) is 3.94. The van der Waals surface area contributed by atoms with Crippen LogP contribution in [0.5, 0.6) is 0 Å². The third-order valence-electron chi connectivity index (χ3n) is 3.34. The minimum atomic E-state index is -0.860. The van der Waals surface area contributed by atoms with Crippen molar-refractivity contribution in [3.05, 3.63) is 47.8 Å². The molecule has 0 aliphatic carbocycles. The maximum Gasteiger partial charge on any atom is 0.303 e. The zero-order valence-corrected chi connectivity index (χ0v) is 12.6. The summed E-state index contributed by atoms with van der Waals surface area (Å²) in [7, 11) is 0. The van der Waals surface area contributed by atoms with Crippen LogP contribution in [-0.2, 0) is 4.79 Å². The number of rotatable bonds is 6. The second kappa shape index (κ2) is 6.89. The van der Waals surface area contributed by atoms with Crippen molar-refractivity contribution >= 4 is 11.9 Å². The fraction of sp³-hybridized carbons (Fsp3) is 0.312. The van der Waals surface area contributed by atoms with Crippen LogP contribution in [0.25, 0.3) is 5.69 Å². The van der Waals surface area contributed by atoms with E-state index >= 15 is 0 Å². The van der Waals surface area contributed by atoms with Gasteiger partial charge in [0.25, 0.3) is 5.91 Å².